The second-order valence-electron chi connectivity index (χ2n) is 6.36. The Balaban J connectivity index is 1.79. The molecule has 0 aliphatic carbocycles. The largest absolute Gasteiger partial charge is 0.465 e. The van der Waals surface area contributed by atoms with E-state index < -0.39 is 0 Å². The van der Waals surface area contributed by atoms with E-state index in [4.69, 9.17) is 4.74 Å². The average Bonchev–Trinajstić information content (AvgIpc) is 2.63. The van der Waals surface area contributed by atoms with Crippen LogP contribution in [0.1, 0.15) is 27.2 Å². The number of nitrogens with one attached hydrogen (secondary N) is 2. The van der Waals surface area contributed by atoms with E-state index in [0.29, 0.717) is 17.3 Å². The fraction of sp³-hybridized carbons (Fsp3) is 0.190. The molecule has 3 aromatic rings. The molecule has 27 heavy (non-hydrogen) atoms. The molecule has 0 unspecified atom stereocenters. The molecule has 0 bridgehead atoms. The number of rotatable bonds is 5. The highest BCUT2D eigenvalue weighted by Gasteiger charge is 2.07. The second-order valence-corrected chi connectivity index (χ2v) is 6.36. The van der Waals surface area contributed by atoms with Crippen LogP contribution in [-0.4, -0.2) is 23.0 Å². The lowest BCUT2D eigenvalue weighted by Gasteiger charge is -2.12. The minimum atomic E-state index is -0.362. The lowest BCUT2D eigenvalue weighted by atomic mass is 10.1. The first-order chi connectivity index (χ1) is 12.9. The molecule has 0 saturated heterocycles. The van der Waals surface area contributed by atoms with Gasteiger partial charge in [0.15, 0.2) is 0 Å². The number of anilines is 4. The molecule has 0 amide bonds. The zero-order valence-electron chi connectivity index (χ0n) is 15.8. The van der Waals surface area contributed by atoms with Crippen molar-refractivity contribution in [3.63, 3.8) is 0 Å². The maximum atomic E-state index is 11.5. The number of benzene rings is 2. The molecule has 1 aromatic heterocycles. The molecule has 2 aromatic carbocycles. The fourth-order valence-electron chi connectivity index (χ4n) is 2.72. The maximum absolute atomic E-state index is 11.5. The van der Waals surface area contributed by atoms with Crippen LogP contribution in [0.3, 0.4) is 0 Å². The molecule has 6 nitrogen and oxygen atoms in total. The topological polar surface area (TPSA) is 76.1 Å². The summed E-state index contributed by atoms with van der Waals surface area (Å²) in [5, 5.41) is 6.51. The van der Waals surface area contributed by atoms with Gasteiger partial charge in [-0.1, -0.05) is 17.7 Å². The van der Waals surface area contributed by atoms with Crippen molar-refractivity contribution >= 4 is 29.1 Å². The molecular weight excluding hydrogens is 340 g/mol. The molecule has 0 saturated carbocycles. The summed E-state index contributed by atoms with van der Waals surface area (Å²) >= 11 is 0. The molecular formula is C21H22N4O2. The third-order valence-corrected chi connectivity index (χ3v) is 4.06. The quantitative estimate of drug-likeness (QED) is 0.642. The Kier molecular flexibility index (Phi) is 5.35. The summed E-state index contributed by atoms with van der Waals surface area (Å²) in [5.74, 6) is 0.829. The van der Waals surface area contributed by atoms with Gasteiger partial charge in [0.1, 0.15) is 5.82 Å². The number of aromatic nitrogens is 2. The Bertz CT molecular complexity index is 968. The molecule has 6 heteroatoms. The predicted octanol–water partition coefficient (Wildman–Crippen LogP) is 4.68. The van der Waals surface area contributed by atoms with Crippen LogP contribution in [0.4, 0.5) is 23.1 Å². The number of aryl methyl sites for hydroxylation is 3. The van der Waals surface area contributed by atoms with E-state index in [1.807, 2.05) is 32.0 Å². The van der Waals surface area contributed by atoms with E-state index in [-0.39, 0.29) is 5.97 Å². The molecule has 3 rings (SSSR count). The van der Waals surface area contributed by atoms with Crippen LogP contribution in [0.5, 0.6) is 0 Å². The van der Waals surface area contributed by atoms with E-state index in [2.05, 4.69) is 33.6 Å². The number of methoxy groups -OCH3 is 1. The van der Waals surface area contributed by atoms with Crippen molar-refractivity contribution in [3.8, 4) is 0 Å². The highest BCUT2D eigenvalue weighted by molar-refractivity contribution is 5.89. The van der Waals surface area contributed by atoms with Gasteiger partial charge in [-0.3, -0.25) is 0 Å². The fourth-order valence-corrected chi connectivity index (χ4v) is 2.72. The van der Waals surface area contributed by atoms with Gasteiger partial charge < -0.3 is 15.4 Å². The van der Waals surface area contributed by atoms with Crippen LogP contribution in [0.2, 0.25) is 0 Å². The van der Waals surface area contributed by atoms with Crippen LogP contribution in [0.15, 0.2) is 48.5 Å². The van der Waals surface area contributed by atoms with Crippen molar-refractivity contribution in [2.75, 3.05) is 17.7 Å². The van der Waals surface area contributed by atoms with Crippen LogP contribution < -0.4 is 10.6 Å². The van der Waals surface area contributed by atoms with E-state index in [1.54, 1.807) is 24.3 Å². The van der Waals surface area contributed by atoms with Crippen LogP contribution in [0, 0.1) is 20.8 Å². The van der Waals surface area contributed by atoms with E-state index >= 15 is 0 Å². The zero-order chi connectivity index (χ0) is 19.4. The Morgan fingerprint density at radius 1 is 0.926 bits per heavy atom. The number of carbonyl (C=O) groups is 1. The van der Waals surface area contributed by atoms with E-state index in [9.17, 15) is 4.79 Å². The van der Waals surface area contributed by atoms with Gasteiger partial charge in [-0.05, 0) is 56.7 Å². The molecule has 2 N–H and O–H groups in total. The third kappa shape index (κ3) is 4.61. The van der Waals surface area contributed by atoms with Crippen LogP contribution >= 0.6 is 0 Å². The Morgan fingerprint density at radius 2 is 1.67 bits per heavy atom. The van der Waals surface area contributed by atoms with Gasteiger partial charge >= 0.3 is 5.97 Å². The number of carbonyl (C=O) groups excluding carboxylic acids is 1. The minimum absolute atomic E-state index is 0.362. The Morgan fingerprint density at radius 3 is 2.33 bits per heavy atom. The number of nitrogens with zero attached hydrogens (tertiary/aromatic N) is 2. The summed E-state index contributed by atoms with van der Waals surface area (Å²) in [6, 6.07) is 15.1. The summed E-state index contributed by atoms with van der Waals surface area (Å²) in [5.41, 5.74) is 5.47. The van der Waals surface area contributed by atoms with Crippen molar-refractivity contribution in [2.45, 2.75) is 20.8 Å². The molecule has 0 aliphatic heterocycles. The lowest BCUT2D eigenvalue weighted by molar-refractivity contribution is 0.0601. The van der Waals surface area contributed by atoms with Crippen molar-refractivity contribution in [2.24, 2.45) is 0 Å². The summed E-state index contributed by atoms with van der Waals surface area (Å²) in [6.07, 6.45) is 0. The molecule has 1 heterocycles. The smallest absolute Gasteiger partial charge is 0.337 e. The number of esters is 1. The molecule has 138 valence electrons. The Labute approximate surface area is 158 Å². The van der Waals surface area contributed by atoms with Crippen molar-refractivity contribution in [1.29, 1.82) is 0 Å². The standard InChI is InChI=1S/C21H22N4O2/c1-13-5-10-18(14(2)11-13)24-21-22-15(3)12-19(25-21)23-17-8-6-16(7-9-17)20(26)27-4/h5-12H,1-4H3,(H2,22,23,24,25). The van der Waals surface area contributed by atoms with E-state index in [1.165, 1.54) is 12.7 Å². The van der Waals surface area contributed by atoms with Crippen molar-refractivity contribution in [3.05, 3.63) is 70.9 Å². The first kappa shape index (κ1) is 18.4. The van der Waals surface area contributed by atoms with E-state index in [0.717, 1.165) is 22.6 Å². The molecule has 0 atom stereocenters. The van der Waals surface area contributed by atoms with Crippen LogP contribution in [-0.2, 0) is 4.74 Å². The normalized spacial score (nSPS) is 10.4. The number of ether oxygens (including phenoxy) is 1. The molecule has 0 spiro atoms. The van der Waals surface area contributed by atoms with Gasteiger partial charge in [-0.25, -0.2) is 9.78 Å². The Hall–Kier alpha value is -3.41. The van der Waals surface area contributed by atoms with Crippen molar-refractivity contribution in [1.82, 2.24) is 9.97 Å². The van der Waals surface area contributed by atoms with Gasteiger partial charge in [0.2, 0.25) is 5.95 Å². The summed E-state index contributed by atoms with van der Waals surface area (Å²) in [7, 11) is 1.36. The molecule has 0 aliphatic rings. The zero-order valence-corrected chi connectivity index (χ0v) is 15.8. The highest BCUT2D eigenvalue weighted by Crippen LogP contribution is 2.22. The summed E-state index contributed by atoms with van der Waals surface area (Å²) < 4.78 is 4.71. The number of hydrogen-bond acceptors (Lipinski definition) is 6. The highest BCUT2D eigenvalue weighted by atomic mass is 16.5. The number of hydrogen-bond donors (Lipinski definition) is 2. The molecule has 0 radical (unpaired) electrons. The monoisotopic (exact) mass is 362 g/mol. The van der Waals surface area contributed by atoms with Gasteiger partial charge in [-0.15, -0.1) is 0 Å². The average molecular weight is 362 g/mol. The molecule has 0 fully saturated rings. The first-order valence-corrected chi connectivity index (χ1v) is 8.60. The summed E-state index contributed by atoms with van der Waals surface area (Å²) in [6.45, 7) is 6.03. The van der Waals surface area contributed by atoms with Crippen molar-refractivity contribution < 1.29 is 9.53 Å². The maximum Gasteiger partial charge on any atom is 0.337 e. The predicted molar refractivity (Wildman–Crippen MR) is 107 cm³/mol. The summed E-state index contributed by atoms with van der Waals surface area (Å²) in [4.78, 5) is 20.5. The van der Waals surface area contributed by atoms with Gasteiger partial charge in [-0.2, -0.15) is 4.98 Å². The second kappa shape index (κ2) is 7.86. The lowest BCUT2D eigenvalue weighted by Crippen LogP contribution is -2.04. The van der Waals surface area contributed by atoms with Crippen LogP contribution in [0.25, 0.3) is 0 Å². The SMILES string of the molecule is COC(=O)c1ccc(Nc2cc(C)nc(Nc3ccc(C)cc3C)n2)cc1. The third-order valence-electron chi connectivity index (χ3n) is 4.06. The van der Waals surface area contributed by atoms with Gasteiger partial charge in [0, 0.05) is 23.1 Å². The van der Waals surface area contributed by atoms with Gasteiger partial charge in [0.25, 0.3) is 0 Å². The first-order valence-electron chi connectivity index (χ1n) is 8.60. The van der Waals surface area contributed by atoms with Gasteiger partial charge in [0.05, 0.1) is 12.7 Å². The minimum Gasteiger partial charge on any atom is -0.465 e.